The van der Waals surface area contributed by atoms with Crippen molar-refractivity contribution in [2.75, 3.05) is 14.7 Å². The van der Waals surface area contributed by atoms with E-state index in [0.717, 1.165) is 61.8 Å². The highest BCUT2D eigenvalue weighted by Gasteiger charge is 2.43. The number of hydrogen-bond donors (Lipinski definition) is 0. The zero-order valence-electron chi connectivity index (χ0n) is 35.4. The van der Waals surface area contributed by atoms with Crippen LogP contribution in [0.1, 0.15) is 0 Å². The van der Waals surface area contributed by atoms with Gasteiger partial charge < -0.3 is 19.1 Å². The molecule has 10 aromatic carbocycles. The van der Waals surface area contributed by atoms with E-state index in [1.807, 2.05) is 6.07 Å². The summed E-state index contributed by atoms with van der Waals surface area (Å²) in [6.45, 7) is -0.0460. The molecule has 0 radical (unpaired) electrons. The lowest BCUT2D eigenvalue weighted by molar-refractivity contribution is 0.669. The molecule has 0 unspecified atom stereocenters. The Labute approximate surface area is 378 Å². The van der Waals surface area contributed by atoms with Crippen LogP contribution in [-0.2, 0) is 0 Å². The zero-order valence-corrected chi connectivity index (χ0v) is 35.4. The third-order valence-electron chi connectivity index (χ3n) is 13.2. The topological polar surface area (TPSA) is 22.9 Å². The van der Waals surface area contributed by atoms with Gasteiger partial charge in [-0.2, -0.15) is 0 Å². The van der Waals surface area contributed by atoms with E-state index in [4.69, 9.17) is 4.42 Å². The normalized spacial score (nSPS) is 12.5. The van der Waals surface area contributed by atoms with Crippen molar-refractivity contribution in [2.24, 2.45) is 0 Å². The monoisotopic (exact) mass is 829 g/mol. The third-order valence-corrected chi connectivity index (χ3v) is 13.2. The molecule has 0 spiro atoms. The third kappa shape index (κ3) is 6.08. The van der Waals surface area contributed by atoms with Gasteiger partial charge in [0.05, 0.1) is 0 Å². The van der Waals surface area contributed by atoms with Gasteiger partial charge in [0.15, 0.2) is 0 Å². The SMILES string of the molecule is c1ccc(-c2cccc(N3c4cc(-c5ccccc5)ccc4B4c5ccc(N(c6ccccc6)c6ccccc6)cc5N(c5ccc6oc7ccccc7c6c5)c5cccc3c54)c2)cc1. The van der Waals surface area contributed by atoms with Crippen LogP contribution in [0.2, 0.25) is 0 Å². The molecule has 3 heterocycles. The van der Waals surface area contributed by atoms with E-state index in [-0.39, 0.29) is 6.71 Å². The highest BCUT2D eigenvalue weighted by atomic mass is 16.3. The zero-order chi connectivity index (χ0) is 42.8. The minimum atomic E-state index is -0.0460. The number of nitrogens with zero attached hydrogens (tertiary/aromatic N) is 3. The van der Waals surface area contributed by atoms with Crippen molar-refractivity contribution >= 4 is 96.2 Å². The van der Waals surface area contributed by atoms with Crippen LogP contribution >= 0.6 is 0 Å². The summed E-state index contributed by atoms with van der Waals surface area (Å²) < 4.78 is 6.40. The Morgan fingerprint density at radius 1 is 0.323 bits per heavy atom. The largest absolute Gasteiger partial charge is 0.456 e. The quantitative estimate of drug-likeness (QED) is 0.149. The smallest absolute Gasteiger partial charge is 0.252 e. The molecule has 11 aromatic rings. The van der Waals surface area contributed by atoms with Crippen LogP contribution in [0.5, 0.6) is 0 Å². The molecule has 2 aliphatic rings. The van der Waals surface area contributed by atoms with Gasteiger partial charge in [-0.15, -0.1) is 0 Å². The first-order chi connectivity index (χ1) is 32.2. The van der Waals surface area contributed by atoms with Crippen LogP contribution in [0.4, 0.5) is 51.2 Å². The summed E-state index contributed by atoms with van der Waals surface area (Å²) in [6.07, 6.45) is 0. The maximum Gasteiger partial charge on any atom is 0.252 e. The number of fused-ring (bicyclic) bond motifs is 7. The molecular weight excluding hydrogens is 789 g/mol. The molecule has 2 aliphatic heterocycles. The highest BCUT2D eigenvalue weighted by Crippen LogP contribution is 2.47. The predicted octanol–water partition coefficient (Wildman–Crippen LogP) is 14.5. The molecule has 5 heteroatoms. The molecule has 0 saturated carbocycles. The maximum absolute atomic E-state index is 6.40. The first kappa shape index (κ1) is 37.1. The van der Waals surface area contributed by atoms with Crippen LogP contribution in [0.15, 0.2) is 247 Å². The van der Waals surface area contributed by atoms with Gasteiger partial charge in [0.2, 0.25) is 0 Å². The molecule has 0 N–H and O–H groups in total. The Hall–Kier alpha value is -8.54. The standard InChI is InChI=1S/C60H40BN3O/c1-5-17-41(18-6-1)43-21-15-26-47(37-43)63-54-28-16-29-55-60(54)61(52-34-31-44(38-56(52)63)42-19-7-2-8-20-42)53-35-32-49(62(45-22-9-3-10-23-45)46-24-11-4-12-25-46)40-57(53)64(55)48-33-36-59-51(39-48)50-27-13-14-30-58(50)65-59/h1-40H. The van der Waals surface area contributed by atoms with Crippen LogP contribution in [0.3, 0.4) is 0 Å². The van der Waals surface area contributed by atoms with Crippen molar-refractivity contribution in [3.63, 3.8) is 0 Å². The lowest BCUT2D eigenvalue weighted by Crippen LogP contribution is -2.61. The summed E-state index contributed by atoms with van der Waals surface area (Å²) in [5.41, 5.74) is 20.4. The van der Waals surface area contributed by atoms with Crippen molar-refractivity contribution in [1.29, 1.82) is 0 Å². The first-order valence-corrected chi connectivity index (χ1v) is 22.3. The lowest BCUT2D eigenvalue weighted by atomic mass is 9.33. The molecule has 0 aliphatic carbocycles. The van der Waals surface area contributed by atoms with Gasteiger partial charge in [0.1, 0.15) is 11.2 Å². The Morgan fingerprint density at radius 3 is 1.52 bits per heavy atom. The highest BCUT2D eigenvalue weighted by molar-refractivity contribution is 7.00. The number of anilines is 9. The first-order valence-electron chi connectivity index (χ1n) is 22.3. The molecule has 0 amide bonds. The minimum absolute atomic E-state index is 0.0460. The van der Waals surface area contributed by atoms with Crippen molar-refractivity contribution in [3.8, 4) is 22.3 Å². The maximum atomic E-state index is 6.40. The van der Waals surface area contributed by atoms with Gasteiger partial charge in [-0.1, -0.05) is 152 Å². The molecule has 13 rings (SSSR count). The summed E-state index contributed by atoms with van der Waals surface area (Å²) >= 11 is 0. The minimum Gasteiger partial charge on any atom is -0.456 e. The van der Waals surface area contributed by atoms with E-state index in [2.05, 4.69) is 251 Å². The van der Waals surface area contributed by atoms with Gasteiger partial charge >= 0.3 is 0 Å². The molecular formula is C60H40BN3O. The van der Waals surface area contributed by atoms with Gasteiger partial charge in [-0.05, 0) is 130 Å². The Morgan fingerprint density at radius 2 is 0.846 bits per heavy atom. The van der Waals surface area contributed by atoms with Gasteiger partial charge in [-0.3, -0.25) is 0 Å². The van der Waals surface area contributed by atoms with Crippen molar-refractivity contribution < 1.29 is 4.42 Å². The number of benzene rings is 10. The summed E-state index contributed by atoms with van der Waals surface area (Å²) in [5.74, 6) is 0. The van der Waals surface area contributed by atoms with E-state index >= 15 is 0 Å². The molecule has 0 bridgehead atoms. The molecule has 1 aromatic heterocycles. The average molecular weight is 830 g/mol. The fourth-order valence-corrected chi connectivity index (χ4v) is 10.3. The molecule has 0 fully saturated rings. The van der Waals surface area contributed by atoms with Crippen molar-refractivity contribution in [2.45, 2.75) is 0 Å². The number of hydrogen-bond acceptors (Lipinski definition) is 4. The van der Waals surface area contributed by atoms with Crippen LogP contribution in [-0.4, -0.2) is 6.71 Å². The van der Waals surface area contributed by atoms with E-state index in [9.17, 15) is 0 Å². The predicted molar refractivity (Wildman–Crippen MR) is 273 cm³/mol. The Balaban J connectivity index is 1.08. The number of furan rings is 1. The summed E-state index contributed by atoms with van der Waals surface area (Å²) in [7, 11) is 0. The fraction of sp³-hybridized carbons (Fsp3) is 0. The molecule has 304 valence electrons. The van der Waals surface area contributed by atoms with E-state index < -0.39 is 0 Å². The van der Waals surface area contributed by atoms with Gasteiger partial charge in [0, 0.05) is 62.0 Å². The van der Waals surface area contributed by atoms with Crippen molar-refractivity contribution in [1.82, 2.24) is 0 Å². The van der Waals surface area contributed by atoms with Crippen LogP contribution in [0, 0.1) is 0 Å². The van der Waals surface area contributed by atoms with E-state index in [1.54, 1.807) is 0 Å². The Bertz CT molecular complexity index is 3530. The number of para-hydroxylation sites is 3. The molecule has 0 saturated heterocycles. The molecule has 0 atom stereocenters. The van der Waals surface area contributed by atoms with Gasteiger partial charge in [-0.25, -0.2) is 0 Å². The fourth-order valence-electron chi connectivity index (χ4n) is 10.3. The second-order valence-corrected chi connectivity index (χ2v) is 16.9. The van der Waals surface area contributed by atoms with E-state index in [0.29, 0.717) is 0 Å². The summed E-state index contributed by atoms with van der Waals surface area (Å²) in [4.78, 5) is 7.35. The second-order valence-electron chi connectivity index (χ2n) is 16.9. The van der Waals surface area contributed by atoms with Crippen LogP contribution in [0.25, 0.3) is 44.2 Å². The molecule has 4 nitrogen and oxygen atoms in total. The second kappa shape index (κ2) is 15.1. The Kier molecular flexibility index (Phi) is 8.60. The summed E-state index contributed by atoms with van der Waals surface area (Å²) in [6, 6.07) is 87.9. The lowest BCUT2D eigenvalue weighted by Gasteiger charge is -2.44. The molecule has 65 heavy (non-hydrogen) atoms. The van der Waals surface area contributed by atoms with Gasteiger partial charge in [0.25, 0.3) is 6.71 Å². The van der Waals surface area contributed by atoms with Crippen molar-refractivity contribution in [3.05, 3.63) is 243 Å². The number of rotatable bonds is 7. The van der Waals surface area contributed by atoms with E-state index in [1.165, 1.54) is 50.0 Å². The summed E-state index contributed by atoms with van der Waals surface area (Å²) in [5, 5.41) is 2.20. The van der Waals surface area contributed by atoms with Crippen LogP contribution < -0.4 is 31.1 Å². The average Bonchev–Trinajstić information content (AvgIpc) is 3.75.